The fourth-order valence-corrected chi connectivity index (χ4v) is 4.20. The molecule has 10 nitrogen and oxygen atoms in total. The van der Waals surface area contributed by atoms with Gasteiger partial charge < -0.3 is 14.4 Å². The lowest BCUT2D eigenvalue weighted by Gasteiger charge is -2.40. The van der Waals surface area contributed by atoms with Crippen LogP contribution in [-0.4, -0.2) is 78.1 Å². The Labute approximate surface area is 180 Å². The maximum absolute atomic E-state index is 13.4. The number of allylic oxidation sites excluding steroid dienone is 2. The number of rotatable bonds is 5. The predicted octanol–water partition coefficient (Wildman–Crippen LogP) is 1.59. The number of benzene rings is 1. The first-order valence-electron chi connectivity index (χ1n) is 10.0. The van der Waals surface area contributed by atoms with Gasteiger partial charge >= 0.3 is 12.0 Å². The lowest BCUT2D eigenvalue weighted by molar-refractivity contribution is -0.150. The number of imide groups is 1. The van der Waals surface area contributed by atoms with Gasteiger partial charge in [0.1, 0.15) is 12.3 Å². The van der Waals surface area contributed by atoms with Crippen molar-refractivity contribution in [3.05, 3.63) is 35.7 Å². The molecule has 31 heavy (non-hydrogen) atoms. The number of aliphatic imine (C=N–C) groups is 1. The van der Waals surface area contributed by atoms with Gasteiger partial charge in [0, 0.05) is 18.4 Å². The Morgan fingerprint density at radius 1 is 1.16 bits per heavy atom. The molecule has 3 amide bonds. The van der Waals surface area contributed by atoms with Crippen molar-refractivity contribution < 1.29 is 23.9 Å². The van der Waals surface area contributed by atoms with Gasteiger partial charge in [-0.15, -0.1) is 0 Å². The monoisotopic (exact) mass is 427 g/mol. The molecule has 3 heterocycles. The van der Waals surface area contributed by atoms with Gasteiger partial charge in [-0.1, -0.05) is 12.1 Å². The van der Waals surface area contributed by atoms with Crippen molar-refractivity contribution in [2.75, 3.05) is 32.2 Å². The van der Waals surface area contributed by atoms with E-state index in [0.717, 1.165) is 22.0 Å². The van der Waals surface area contributed by atoms with E-state index in [-0.39, 0.29) is 6.61 Å². The van der Waals surface area contributed by atoms with E-state index < -0.39 is 36.7 Å². The van der Waals surface area contributed by atoms with Crippen molar-refractivity contribution in [2.45, 2.75) is 33.0 Å². The number of nitrogens with zero attached hydrogens (tertiary/aromatic N) is 5. The van der Waals surface area contributed by atoms with E-state index in [1.165, 1.54) is 4.90 Å². The Morgan fingerprint density at radius 3 is 2.55 bits per heavy atom. The highest BCUT2D eigenvalue weighted by Crippen LogP contribution is 2.42. The molecule has 0 N–H and O–H groups in total. The zero-order valence-corrected chi connectivity index (χ0v) is 18.2. The van der Waals surface area contributed by atoms with Crippen LogP contribution in [0.4, 0.5) is 10.5 Å². The Morgan fingerprint density at radius 2 is 1.87 bits per heavy atom. The third-order valence-corrected chi connectivity index (χ3v) is 5.81. The first-order chi connectivity index (χ1) is 14.8. The number of hydrogen-bond acceptors (Lipinski definition) is 8. The third kappa shape index (κ3) is 3.01. The van der Waals surface area contributed by atoms with E-state index in [1.54, 1.807) is 21.1 Å². The average Bonchev–Trinajstić information content (AvgIpc) is 3.25. The van der Waals surface area contributed by atoms with Gasteiger partial charge in [-0.05, 0) is 32.9 Å². The number of hydrogen-bond donors (Lipinski definition) is 0. The minimum atomic E-state index is -0.762. The predicted molar refractivity (Wildman–Crippen MR) is 112 cm³/mol. The Kier molecular flexibility index (Phi) is 5.08. The number of esters is 1. The summed E-state index contributed by atoms with van der Waals surface area (Å²) in [6.45, 7) is 5.26. The second-order valence-electron chi connectivity index (χ2n) is 7.46. The third-order valence-electron chi connectivity index (χ3n) is 5.81. The van der Waals surface area contributed by atoms with Gasteiger partial charge in [0.15, 0.2) is 12.2 Å². The summed E-state index contributed by atoms with van der Waals surface area (Å²) in [5.41, 5.74) is 2.52. The lowest BCUT2D eigenvalue weighted by Crippen LogP contribution is -2.65. The van der Waals surface area contributed by atoms with Crippen LogP contribution in [0, 0.1) is 0 Å². The van der Waals surface area contributed by atoms with Crippen LogP contribution in [0.25, 0.3) is 0 Å². The van der Waals surface area contributed by atoms with E-state index in [4.69, 9.17) is 14.5 Å². The molecule has 4 rings (SSSR count). The summed E-state index contributed by atoms with van der Waals surface area (Å²) in [5, 5.41) is 0. The summed E-state index contributed by atoms with van der Waals surface area (Å²) in [7, 11) is 3.17. The Hall–Kier alpha value is -3.56. The van der Waals surface area contributed by atoms with Gasteiger partial charge in [-0.3, -0.25) is 24.3 Å². The molecule has 0 spiro atoms. The van der Waals surface area contributed by atoms with Gasteiger partial charge in [0.05, 0.1) is 19.4 Å². The molecule has 164 valence electrons. The molecule has 1 fully saturated rings. The topological polar surface area (TPSA) is 95.0 Å². The van der Waals surface area contributed by atoms with Crippen LogP contribution in [0.15, 0.2) is 40.7 Å². The molecule has 0 radical (unpaired) electrons. The molecule has 2 atom stereocenters. The average molecular weight is 427 g/mol. The molecule has 0 aliphatic carbocycles. The molecule has 2 unspecified atom stereocenters. The molecule has 3 aliphatic heterocycles. The highest BCUT2D eigenvalue weighted by Gasteiger charge is 2.56. The number of likely N-dealkylation sites (N-methyl/N-ethyl adjacent to an activating group) is 1. The van der Waals surface area contributed by atoms with E-state index >= 15 is 0 Å². The van der Waals surface area contributed by atoms with Crippen LogP contribution in [0.3, 0.4) is 0 Å². The number of guanidine groups is 1. The number of para-hydroxylation sites is 2. The normalized spacial score (nSPS) is 22.7. The van der Waals surface area contributed by atoms with E-state index in [9.17, 15) is 14.4 Å². The number of carbonyl (C=O) groups is 3. The smallest absolute Gasteiger partial charge is 0.328 e. The number of ether oxygens (including phenoxy) is 2. The number of methoxy groups -OCH3 is 1. The van der Waals surface area contributed by atoms with Crippen molar-refractivity contribution in [3.63, 3.8) is 0 Å². The maximum atomic E-state index is 13.4. The number of anilines is 1. The zero-order chi connectivity index (χ0) is 22.4. The van der Waals surface area contributed by atoms with E-state index in [2.05, 4.69) is 0 Å². The fraction of sp³-hybridized carbons (Fsp3) is 0.429. The summed E-state index contributed by atoms with van der Waals surface area (Å²) in [4.78, 5) is 49.0. The fourth-order valence-electron chi connectivity index (χ4n) is 4.20. The van der Waals surface area contributed by atoms with Gasteiger partial charge in [0.25, 0.3) is 5.91 Å². The Balaban J connectivity index is 1.73. The summed E-state index contributed by atoms with van der Waals surface area (Å²) in [5.74, 6) is 0.0962. The molecule has 1 aromatic carbocycles. The molecule has 0 saturated carbocycles. The number of amides is 3. The minimum absolute atomic E-state index is 0.172. The van der Waals surface area contributed by atoms with Crippen molar-refractivity contribution in [1.29, 1.82) is 0 Å². The van der Waals surface area contributed by atoms with Crippen LogP contribution in [0.2, 0.25) is 0 Å². The second kappa shape index (κ2) is 7.60. The lowest BCUT2D eigenvalue weighted by atomic mass is 10.1. The van der Waals surface area contributed by atoms with Crippen LogP contribution >= 0.6 is 0 Å². The maximum Gasteiger partial charge on any atom is 0.328 e. The summed E-state index contributed by atoms with van der Waals surface area (Å²) in [6, 6.07) is 6.20. The molecule has 3 aliphatic rings. The van der Waals surface area contributed by atoms with Crippen LogP contribution in [0.1, 0.15) is 20.8 Å². The summed E-state index contributed by atoms with van der Waals surface area (Å²) in [6.07, 6.45) is -0.700. The quantitative estimate of drug-likeness (QED) is 0.659. The molecule has 1 aromatic rings. The van der Waals surface area contributed by atoms with Gasteiger partial charge in [-0.25, -0.2) is 9.79 Å². The van der Waals surface area contributed by atoms with E-state index in [0.29, 0.717) is 11.7 Å². The summed E-state index contributed by atoms with van der Waals surface area (Å²) < 4.78 is 10.5. The van der Waals surface area contributed by atoms with E-state index in [1.807, 2.05) is 47.9 Å². The molecule has 0 aromatic heterocycles. The van der Waals surface area contributed by atoms with Gasteiger partial charge in [0.2, 0.25) is 5.96 Å². The van der Waals surface area contributed by atoms with Crippen LogP contribution in [-0.2, 0) is 14.3 Å². The minimum Gasteiger partial charge on any atom is -0.495 e. The SMILES string of the molecule is CCOC(=O)CN1C(=O)C2C(N=C3N(c4ccccc4OC)C(C)=C(C)N32)N(C)C1=O. The van der Waals surface area contributed by atoms with Crippen molar-refractivity contribution in [2.24, 2.45) is 4.99 Å². The molecule has 10 heteroatoms. The number of carbonyl (C=O) groups excluding carboxylic acids is 3. The standard InChI is InChI=1S/C21H25N5O5/c1-6-31-16(27)11-24-19(28)17-18(23(4)21(24)29)22-20-25(12(2)13(3)26(17)20)14-9-7-8-10-15(14)30-5/h7-10,17-18H,6,11H2,1-5H3. The molecular formula is C21H25N5O5. The molecule has 0 bridgehead atoms. The van der Waals surface area contributed by atoms with Gasteiger partial charge in [-0.2, -0.15) is 0 Å². The van der Waals surface area contributed by atoms with Crippen molar-refractivity contribution >= 4 is 29.6 Å². The van der Waals surface area contributed by atoms with Crippen molar-refractivity contribution in [1.82, 2.24) is 14.7 Å². The largest absolute Gasteiger partial charge is 0.495 e. The number of urea groups is 1. The molecule has 1 saturated heterocycles. The summed E-state index contributed by atoms with van der Waals surface area (Å²) >= 11 is 0. The first kappa shape index (κ1) is 20.7. The van der Waals surface area contributed by atoms with Crippen LogP contribution in [0.5, 0.6) is 5.75 Å². The Bertz CT molecular complexity index is 1020. The number of fused-ring (bicyclic) bond motifs is 3. The second-order valence-corrected chi connectivity index (χ2v) is 7.46. The van der Waals surface area contributed by atoms with Crippen LogP contribution < -0.4 is 9.64 Å². The highest BCUT2D eigenvalue weighted by atomic mass is 16.5. The highest BCUT2D eigenvalue weighted by molar-refractivity contribution is 6.11. The zero-order valence-electron chi connectivity index (χ0n) is 18.2. The molecular weight excluding hydrogens is 402 g/mol. The van der Waals surface area contributed by atoms with Crippen molar-refractivity contribution in [3.8, 4) is 5.75 Å². The first-order valence-corrected chi connectivity index (χ1v) is 10.0.